The Labute approximate surface area is 103 Å². The predicted molar refractivity (Wildman–Crippen MR) is 73.9 cm³/mol. The summed E-state index contributed by atoms with van der Waals surface area (Å²) in [6, 6.07) is 0. The van der Waals surface area contributed by atoms with Gasteiger partial charge < -0.3 is 0 Å². The summed E-state index contributed by atoms with van der Waals surface area (Å²) in [4.78, 5) is 0. The van der Waals surface area contributed by atoms with Crippen LogP contribution in [0.15, 0.2) is 0 Å². The second kappa shape index (κ2) is 14.6. The Kier molecular flexibility index (Phi) is 14.2. The van der Waals surface area contributed by atoms with E-state index in [1.807, 2.05) is 0 Å². The number of rotatable bonds is 10. The van der Waals surface area contributed by atoms with Gasteiger partial charge in [0.05, 0.1) is 0 Å². The van der Waals surface area contributed by atoms with E-state index < -0.39 is 0 Å². The predicted octanol–water partition coefficient (Wildman–Crippen LogP) is 5.34. The minimum atomic E-state index is 1.08. The zero-order valence-electron chi connectivity index (χ0n) is 11.1. The molecule has 2 radical (unpaired) electrons. The van der Waals surface area contributed by atoms with E-state index in [9.17, 15) is 0 Å². The van der Waals surface area contributed by atoms with Crippen molar-refractivity contribution in [3.05, 3.63) is 13.3 Å². The molecule has 0 unspecified atom stereocenters. The zero-order chi connectivity index (χ0) is 11.9. The minimum Gasteiger partial charge on any atom is -0.103 e. The zero-order valence-corrected chi connectivity index (χ0v) is 11.1. The molecule has 0 aromatic heterocycles. The van der Waals surface area contributed by atoms with Crippen molar-refractivity contribution < 1.29 is 0 Å². The second-order valence-electron chi connectivity index (χ2n) is 4.39. The molecule has 0 rings (SSSR count). The summed E-state index contributed by atoms with van der Waals surface area (Å²) in [7, 11) is 0. The van der Waals surface area contributed by atoms with Gasteiger partial charge in [0.2, 0.25) is 0 Å². The summed E-state index contributed by atoms with van der Waals surface area (Å²) < 4.78 is 0. The highest BCUT2D eigenvalue weighted by atomic mass is 13.9. The van der Waals surface area contributed by atoms with Crippen LogP contribution < -0.4 is 0 Å². The van der Waals surface area contributed by atoms with E-state index in [2.05, 4.69) is 32.1 Å². The minimum absolute atomic E-state index is 1.08. The Bertz CT molecular complexity index is 170. The highest BCUT2D eigenvalue weighted by Gasteiger charge is 1.88. The second-order valence-corrected chi connectivity index (χ2v) is 4.39. The Hall–Kier alpha value is -0.440. The van der Waals surface area contributed by atoms with Gasteiger partial charge in [0.15, 0.2) is 0 Å². The van der Waals surface area contributed by atoms with Crippen LogP contribution in [-0.4, -0.2) is 0 Å². The van der Waals surface area contributed by atoms with E-state index in [0.29, 0.717) is 0 Å². The Morgan fingerprint density at radius 3 is 2.44 bits per heavy atom. The van der Waals surface area contributed by atoms with Crippen LogP contribution >= 0.6 is 0 Å². The fourth-order valence-corrected chi connectivity index (χ4v) is 1.63. The van der Waals surface area contributed by atoms with Crippen molar-refractivity contribution in [2.75, 3.05) is 0 Å². The standard InChI is InChI=1S/C16H28/c1-3-5-7-9-11-13-15-16-14-12-10-8-6-4-2/h12H,1,3-11,13,15H2,2H3. The first-order valence-electron chi connectivity index (χ1n) is 7.01. The maximum absolute atomic E-state index is 3.85. The summed E-state index contributed by atoms with van der Waals surface area (Å²) in [5, 5.41) is 0. The molecule has 0 fully saturated rings. The third-order valence-corrected chi connectivity index (χ3v) is 2.71. The van der Waals surface area contributed by atoms with Crippen molar-refractivity contribution in [3.8, 4) is 11.8 Å². The van der Waals surface area contributed by atoms with E-state index >= 15 is 0 Å². The molecular weight excluding hydrogens is 192 g/mol. The Balaban J connectivity index is 3.03. The van der Waals surface area contributed by atoms with Crippen LogP contribution in [0.2, 0.25) is 0 Å². The average Bonchev–Trinajstić information content (AvgIpc) is 2.31. The molecule has 0 amide bonds. The smallest absolute Gasteiger partial charge is 0.0340 e. The first-order chi connectivity index (χ1) is 7.91. The van der Waals surface area contributed by atoms with Crippen LogP contribution in [0.5, 0.6) is 0 Å². The molecule has 0 aliphatic heterocycles. The summed E-state index contributed by atoms with van der Waals surface area (Å²) in [6.45, 7) is 6.08. The van der Waals surface area contributed by atoms with Crippen LogP contribution in [-0.2, 0) is 0 Å². The van der Waals surface area contributed by atoms with Gasteiger partial charge in [0.25, 0.3) is 0 Å². The van der Waals surface area contributed by atoms with Crippen molar-refractivity contribution in [2.45, 2.75) is 77.6 Å². The lowest BCUT2D eigenvalue weighted by atomic mass is 10.1. The van der Waals surface area contributed by atoms with Crippen LogP contribution in [0.1, 0.15) is 77.6 Å². The molecule has 0 saturated carbocycles. The SMILES string of the molecule is [CH2]CCCCCCCC#C[CH]CCCCC. The third kappa shape index (κ3) is 13.6. The summed E-state index contributed by atoms with van der Waals surface area (Å²) in [5.74, 6) is 6.40. The van der Waals surface area contributed by atoms with Gasteiger partial charge >= 0.3 is 0 Å². The normalized spacial score (nSPS) is 9.88. The van der Waals surface area contributed by atoms with Crippen molar-refractivity contribution in [3.63, 3.8) is 0 Å². The van der Waals surface area contributed by atoms with Crippen LogP contribution in [0.3, 0.4) is 0 Å². The van der Waals surface area contributed by atoms with E-state index in [1.54, 1.807) is 0 Å². The maximum Gasteiger partial charge on any atom is 0.0340 e. The quantitative estimate of drug-likeness (QED) is 0.344. The van der Waals surface area contributed by atoms with Gasteiger partial charge in [-0.3, -0.25) is 0 Å². The lowest BCUT2D eigenvalue weighted by molar-refractivity contribution is 0.624. The van der Waals surface area contributed by atoms with Gasteiger partial charge in [-0.15, -0.1) is 5.92 Å². The molecule has 0 heteroatoms. The lowest BCUT2D eigenvalue weighted by Gasteiger charge is -1.96. The molecule has 0 nitrogen and oxygen atoms in total. The van der Waals surface area contributed by atoms with Gasteiger partial charge in [-0.25, -0.2) is 0 Å². The molecule has 0 spiro atoms. The fraction of sp³-hybridized carbons (Fsp3) is 0.750. The molecule has 0 bridgehead atoms. The first kappa shape index (κ1) is 15.6. The maximum atomic E-state index is 3.85. The molecule has 0 aliphatic rings. The highest BCUT2D eigenvalue weighted by Crippen LogP contribution is 2.06. The molecule has 0 aromatic rings. The monoisotopic (exact) mass is 220 g/mol. The van der Waals surface area contributed by atoms with Crippen molar-refractivity contribution in [1.82, 2.24) is 0 Å². The van der Waals surface area contributed by atoms with E-state index in [-0.39, 0.29) is 0 Å². The molecule has 16 heavy (non-hydrogen) atoms. The summed E-state index contributed by atoms with van der Waals surface area (Å²) in [6.07, 6.45) is 16.0. The largest absolute Gasteiger partial charge is 0.103 e. The van der Waals surface area contributed by atoms with Gasteiger partial charge in [-0.2, -0.15) is 0 Å². The van der Waals surface area contributed by atoms with Crippen LogP contribution in [0.25, 0.3) is 0 Å². The van der Waals surface area contributed by atoms with Gasteiger partial charge in [0.1, 0.15) is 0 Å². The Morgan fingerprint density at radius 1 is 0.938 bits per heavy atom. The molecule has 0 aromatic carbocycles. The molecule has 0 atom stereocenters. The molecule has 0 heterocycles. The van der Waals surface area contributed by atoms with Crippen molar-refractivity contribution in [2.24, 2.45) is 0 Å². The fourth-order valence-electron chi connectivity index (χ4n) is 1.63. The average molecular weight is 220 g/mol. The Morgan fingerprint density at radius 2 is 1.69 bits per heavy atom. The van der Waals surface area contributed by atoms with Crippen LogP contribution in [0, 0.1) is 25.2 Å². The van der Waals surface area contributed by atoms with E-state index in [0.717, 1.165) is 12.8 Å². The van der Waals surface area contributed by atoms with Gasteiger partial charge in [0, 0.05) is 12.8 Å². The number of unbranched alkanes of at least 4 members (excludes halogenated alkanes) is 10. The molecule has 0 saturated heterocycles. The first-order valence-corrected chi connectivity index (χ1v) is 7.01. The molecule has 92 valence electrons. The van der Waals surface area contributed by atoms with Crippen LogP contribution in [0.4, 0.5) is 0 Å². The molecule has 0 aliphatic carbocycles. The topological polar surface area (TPSA) is 0 Å². The number of hydrogen-bond donors (Lipinski definition) is 0. The van der Waals surface area contributed by atoms with Gasteiger partial charge in [-0.05, 0) is 12.8 Å². The van der Waals surface area contributed by atoms with E-state index in [4.69, 9.17) is 0 Å². The van der Waals surface area contributed by atoms with E-state index in [1.165, 1.54) is 57.8 Å². The van der Waals surface area contributed by atoms with Crippen molar-refractivity contribution >= 4 is 0 Å². The summed E-state index contributed by atoms with van der Waals surface area (Å²) >= 11 is 0. The summed E-state index contributed by atoms with van der Waals surface area (Å²) in [5.41, 5.74) is 0. The van der Waals surface area contributed by atoms with Crippen molar-refractivity contribution in [1.29, 1.82) is 0 Å². The highest BCUT2D eigenvalue weighted by molar-refractivity contribution is 5.09. The van der Waals surface area contributed by atoms with Gasteiger partial charge in [-0.1, -0.05) is 71.1 Å². The molecular formula is C16H28. The number of hydrogen-bond acceptors (Lipinski definition) is 0. The molecule has 0 N–H and O–H groups in total. The third-order valence-electron chi connectivity index (χ3n) is 2.71. The lowest BCUT2D eigenvalue weighted by Crippen LogP contribution is -1.78.